The summed E-state index contributed by atoms with van der Waals surface area (Å²) in [7, 11) is 0. The number of nitrogens with zero attached hydrogens (tertiary/aromatic N) is 2. The summed E-state index contributed by atoms with van der Waals surface area (Å²) in [5.41, 5.74) is 1.25. The fraction of sp³-hybridized carbons (Fsp3) is 0.412. The van der Waals surface area contributed by atoms with Crippen LogP contribution >= 0.6 is 22.7 Å². The number of carbonyl (C=O) groups excluding carboxylic acids is 2. The molecule has 0 N–H and O–H groups in total. The molecule has 0 aliphatic carbocycles. The molecule has 2 amide bonds. The number of hydrogen-bond donors (Lipinski definition) is 0. The molecule has 2 aromatic heterocycles. The summed E-state index contributed by atoms with van der Waals surface area (Å²) in [5.74, 6) is 0.176. The highest BCUT2D eigenvalue weighted by Crippen LogP contribution is 2.39. The van der Waals surface area contributed by atoms with Gasteiger partial charge < -0.3 is 9.80 Å². The fourth-order valence-electron chi connectivity index (χ4n) is 3.46. The molecule has 0 radical (unpaired) electrons. The Morgan fingerprint density at radius 1 is 1.17 bits per heavy atom. The Hall–Kier alpha value is -1.66. The molecule has 0 aromatic carbocycles. The zero-order valence-electron chi connectivity index (χ0n) is 12.7. The van der Waals surface area contributed by atoms with Crippen LogP contribution in [0.1, 0.15) is 34.2 Å². The second kappa shape index (κ2) is 6.09. The smallest absolute Gasteiger partial charge is 0.243 e. The molecule has 1 fully saturated rings. The average molecular weight is 346 g/mol. The van der Waals surface area contributed by atoms with E-state index in [0.29, 0.717) is 13.0 Å². The first-order chi connectivity index (χ1) is 11.2. The lowest BCUT2D eigenvalue weighted by Crippen LogP contribution is -2.45. The molecule has 6 heteroatoms. The average Bonchev–Trinajstić information content (AvgIpc) is 3.28. The van der Waals surface area contributed by atoms with Crippen LogP contribution in [0.5, 0.6) is 0 Å². The highest BCUT2D eigenvalue weighted by Gasteiger charge is 2.34. The van der Waals surface area contributed by atoms with Crippen molar-refractivity contribution in [3.05, 3.63) is 44.3 Å². The van der Waals surface area contributed by atoms with Gasteiger partial charge in [-0.2, -0.15) is 0 Å². The molecule has 120 valence electrons. The van der Waals surface area contributed by atoms with Crippen molar-refractivity contribution in [2.24, 2.45) is 0 Å². The van der Waals surface area contributed by atoms with E-state index in [9.17, 15) is 9.59 Å². The molecule has 0 bridgehead atoms. The summed E-state index contributed by atoms with van der Waals surface area (Å²) in [6.07, 6.45) is 2.36. The summed E-state index contributed by atoms with van der Waals surface area (Å²) in [6, 6.07) is 6.29. The van der Waals surface area contributed by atoms with E-state index in [1.807, 2.05) is 11.0 Å². The molecular formula is C17H18N2O2S2. The summed E-state index contributed by atoms with van der Waals surface area (Å²) in [6.45, 7) is 1.67. The largest absolute Gasteiger partial charge is 0.333 e. The predicted molar refractivity (Wildman–Crippen MR) is 91.7 cm³/mol. The third-order valence-corrected chi connectivity index (χ3v) is 6.52. The zero-order chi connectivity index (χ0) is 15.8. The van der Waals surface area contributed by atoms with Crippen molar-refractivity contribution in [2.45, 2.75) is 25.3 Å². The normalized spacial score (nSPS) is 20.9. The molecule has 0 spiro atoms. The summed E-state index contributed by atoms with van der Waals surface area (Å²) < 4.78 is 0. The van der Waals surface area contributed by atoms with Gasteiger partial charge in [0.2, 0.25) is 11.8 Å². The number of thiophene rings is 2. The molecule has 0 saturated carbocycles. The van der Waals surface area contributed by atoms with E-state index in [-0.39, 0.29) is 24.4 Å². The first-order valence-electron chi connectivity index (χ1n) is 7.91. The lowest BCUT2D eigenvalue weighted by Gasteiger charge is -2.36. The quantitative estimate of drug-likeness (QED) is 0.857. The van der Waals surface area contributed by atoms with E-state index >= 15 is 0 Å². The Kier molecular flexibility index (Phi) is 3.95. The third kappa shape index (κ3) is 2.70. The van der Waals surface area contributed by atoms with Crippen LogP contribution in [0.25, 0.3) is 0 Å². The van der Waals surface area contributed by atoms with Crippen molar-refractivity contribution in [1.29, 1.82) is 0 Å². The monoisotopic (exact) mass is 346 g/mol. The van der Waals surface area contributed by atoms with Crippen LogP contribution in [0.3, 0.4) is 0 Å². The van der Waals surface area contributed by atoms with Crippen LogP contribution in [-0.4, -0.2) is 41.2 Å². The van der Waals surface area contributed by atoms with Gasteiger partial charge in [-0.25, -0.2) is 0 Å². The number of amides is 2. The minimum atomic E-state index is 0.00945. The molecule has 0 unspecified atom stereocenters. The maximum Gasteiger partial charge on any atom is 0.243 e. The van der Waals surface area contributed by atoms with Crippen molar-refractivity contribution < 1.29 is 9.59 Å². The predicted octanol–water partition coefficient (Wildman–Crippen LogP) is 2.91. The molecule has 1 saturated heterocycles. The number of carbonyl (C=O) groups is 2. The maximum atomic E-state index is 12.9. The van der Waals surface area contributed by atoms with Gasteiger partial charge in [0.25, 0.3) is 0 Å². The topological polar surface area (TPSA) is 40.6 Å². The Morgan fingerprint density at radius 3 is 2.83 bits per heavy atom. The second-order valence-electron chi connectivity index (χ2n) is 5.97. The summed E-state index contributed by atoms with van der Waals surface area (Å²) in [4.78, 5) is 30.9. The van der Waals surface area contributed by atoms with Gasteiger partial charge in [-0.15, -0.1) is 22.7 Å². The van der Waals surface area contributed by atoms with E-state index in [1.54, 1.807) is 27.6 Å². The van der Waals surface area contributed by atoms with Gasteiger partial charge in [-0.3, -0.25) is 9.59 Å². The number of fused-ring (bicyclic) bond motifs is 1. The number of likely N-dealkylation sites (tertiary alicyclic amines) is 1. The first kappa shape index (κ1) is 14.9. The molecular weight excluding hydrogens is 328 g/mol. The molecule has 4 nitrogen and oxygen atoms in total. The molecule has 4 heterocycles. The molecule has 23 heavy (non-hydrogen) atoms. The van der Waals surface area contributed by atoms with E-state index < -0.39 is 0 Å². The van der Waals surface area contributed by atoms with Crippen LogP contribution in [0, 0.1) is 0 Å². The van der Waals surface area contributed by atoms with E-state index in [0.717, 1.165) is 19.4 Å². The Labute approximate surface area is 143 Å². The molecule has 4 rings (SSSR count). The van der Waals surface area contributed by atoms with Crippen molar-refractivity contribution in [3.8, 4) is 0 Å². The van der Waals surface area contributed by atoms with Gasteiger partial charge in [-0.05, 0) is 41.3 Å². The minimum Gasteiger partial charge on any atom is -0.333 e. The van der Waals surface area contributed by atoms with Gasteiger partial charge in [0.15, 0.2) is 0 Å². The van der Waals surface area contributed by atoms with Gasteiger partial charge >= 0.3 is 0 Å². The maximum absolute atomic E-state index is 12.9. The number of rotatable bonds is 3. The highest BCUT2D eigenvalue weighted by molar-refractivity contribution is 7.10. The Morgan fingerprint density at radius 2 is 2.09 bits per heavy atom. The Balaban J connectivity index is 1.61. The standard InChI is InChI=1S/C17H18N2O2S2/c20-15-4-1-7-18(15)11-16(21)19-8-5-13-12(6-10-23-13)17(19)14-3-2-9-22-14/h2-3,6,9-10,17H,1,4-5,7-8,11H2/t17-/m1/s1. The first-order valence-corrected chi connectivity index (χ1v) is 9.67. The van der Waals surface area contributed by atoms with E-state index in [1.165, 1.54) is 15.3 Å². The Bertz CT molecular complexity index is 723. The van der Waals surface area contributed by atoms with Crippen molar-refractivity contribution >= 4 is 34.5 Å². The van der Waals surface area contributed by atoms with Gasteiger partial charge in [0.1, 0.15) is 0 Å². The van der Waals surface area contributed by atoms with E-state index in [2.05, 4.69) is 22.9 Å². The second-order valence-corrected chi connectivity index (χ2v) is 7.95. The molecule has 2 aromatic rings. The van der Waals surface area contributed by atoms with E-state index in [4.69, 9.17) is 0 Å². The van der Waals surface area contributed by atoms with Crippen molar-refractivity contribution in [1.82, 2.24) is 9.80 Å². The third-order valence-electron chi connectivity index (χ3n) is 4.60. The summed E-state index contributed by atoms with van der Waals surface area (Å²) >= 11 is 3.47. The molecule has 2 aliphatic heterocycles. The lowest BCUT2D eigenvalue weighted by atomic mass is 9.98. The molecule has 1 atom stereocenters. The summed E-state index contributed by atoms with van der Waals surface area (Å²) in [5, 5.41) is 4.17. The van der Waals surface area contributed by atoms with Crippen LogP contribution in [0.4, 0.5) is 0 Å². The number of hydrogen-bond acceptors (Lipinski definition) is 4. The van der Waals surface area contributed by atoms with Gasteiger partial charge in [0, 0.05) is 29.3 Å². The van der Waals surface area contributed by atoms with Gasteiger partial charge in [-0.1, -0.05) is 6.07 Å². The zero-order valence-corrected chi connectivity index (χ0v) is 14.4. The molecule has 2 aliphatic rings. The van der Waals surface area contributed by atoms with Crippen LogP contribution in [0.2, 0.25) is 0 Å². The minimum absolute atomic E-state index is 0.00945. The van der Waals surface area contributed by atoms with Crippen molar-refractivity contribution in [2.75, 3.05) is 19.6 Å². The van der Waals surface area contributed by atoms with Crippen LogP contribution < -0.4 is 0 Å². The van der Waals surface area contributed by atoms with Crippen LogP contribution in [-0.2, 0) is 16.0 Å². The van der Waals surface area contributed by atoms with Crippen LogP contribution in [0.15, 0.2) is 29.0 Å². The SMILES string of the molecule is O=C1CCCN1CC(=O)N1CCc2sccc2[C@@H]1c1cccs1. The highest BCUT2D eigenvalue weighted by atomic mass is 32.1. The van der Waals surface area contributed by atoms with Crippen molar-refractivity contribution in [3.63, 3.8) is 0 Å². The van der Waals surface area contributed by atoms with Gasteiger partial charge in [0.05, 0.1) is 12.6 Å². The fourth-order valence-corrected chi connectivity index (χ4v) is 5.22. The lowest BCUT2D eigenvalue weighted by molar-refractivity contribution is -0.139.